The Labute approximate surface area is 176 Å². The summed E-state index contributed by atoms with van der Waals surface area (Å²) < 4.78 is 9.83. The molecule has 1 heterocycles. The van der Waals surface area contributed by atoms with Crippen LogP contribution in [0.1, 0.15) is 56.3 Å². The van der Waals surface area contributed by atoms with Gasteiger partial charge in [-0.25, -0.2) is 14.6 Å². The highest BCUT2D eigenvalue weighted by Gasteiger charge is 2.30. The fraction of sp³-hybridized carbons (Fsp3) is 0.524. The number of anilines is 1. The second kappa shape index (κ2) is 11.8. The molecule has 1 aliphatic heterocycles. The van der Waals surface area contributed by atoms with Gasteiger partial charge in [0.05, 0.1) is 18.8 Å². The van der Waals surface area contributed by atoms with E-state index in [0.717, 1.165) is 0 Å². The Morgan fingerprint density at radius 3 is 2.40 bits per heavy atom. The van der Waals surface area contributed by atoms with Crippen LogP contribution in [0.4, 0.5) is 10.5 Å². The van der Waals surface area contributed by atoms with Crippen molar-refractivity contribution in [1.82, 2.24) is 10.0 Å². The van der Waals surface area contributed by atoms with Gasteiger partial charge in [0.2, 0.25) is 5.91 Å². The van der Waals surface area contributed by atoms with Gasteiger partial charge in [-0.1, -0.05) is 6.07 Å². The van der Waals surface area contributed by atoms with Gasteiger partial charge in [0.25, 0.3) is 0 Å². The molecule has 0 spiro atoms. The van der Waals surface area contributed by atoms with Crippen molar-refractivity contribution in [2.24, 2.45) is 0 Å². The highest BCUT2D eigenvalue weighted by molar-refractivity contribution is 5.94. The summed E-state index contributed by atoms with van der Waals surface area (Å²) in [5.41, 5.74) is 0.782. The largest absolute Gasteiger partial charge is 0.466 e. The number of nitrogens with zero attached hydrogens (tertiary/aromatic N) is 2. The monoisotopic (exact) mass is 419 g/mol. The molecule has 0 aromatic heterocycles. The molecular weight excluding hydrogens is 390 g/mol. The first-order valence-electron chi connectivity index (χ1n) is 10.3. The number of esters is 2. The quantitative estimate of drug-likeness (QED) is 0.487. The van der Waals surface area contributed by atoms with Crippen molar-refractivity contribution in [3.63, 3.8) is 0 Å². The summed E-state index contributed by atoms with van der Waals surface area (Å²) in [6.07, 6.45) is 2.32. The van der Waals surface area contributed by atoms with Gasteiger partial charge in [0.15, 0.2) is 0 Å². The lowest BCUT2D eigenvalue weighted by atomic mass is 10.2. The average Bonchev–Trinajstić information content (AvgIpc) is 3.22. The summed E-state index contributed by atoms with van der Waals surface area (Å²) >= 11 is 0. The standard InChI is InChI=1S/C21H29N3O6/c1-3-29-19(26)12-6-5-11-18(25)23-13-8-14-24(23)21(28)22-17-10-7-9-16(15-17)20(27)30-4-2/h7,9-10,15H,3-6,8,11-14H2,1-2H3,(H,22,28). The van der Waals surface area contributed by atoms with Crippen LogP contribution >= 0.6 is 0 Å². The number of hydrogen-bond acceptors (Lipinski definition) is 6. The number of carbonyl (C=O) groups excluding carboxylic acids is 4. The average molecular weight is 419 g/mol. The van der Waals surface area contributed by atoms with E-state index in [9.17, 15) is 19.2 Å². The van der Waals surface area contributed by atoms with Gasteiger partial charge in [-0.05, 0) is 51.3 Å². The molecule has 164 valence electrons. The zero-order chi connectivity index (χ0) is 21.9. The molecule has 0 bridgehead atoms. The summed E-state index contributed by atoms with van der Waals surface area (Å²) in [6.45, 7) is 4.98. The van der Waals surface area contributed by atoms with Gasteiger partial charge >= 0.3 is 18.0 Å². The van der Waals surface area contributed by atoms with E-state index in [-0.39, 0.29) is 31.3 Å². The second-order valence-electron chi connectivity index (χ2n) is 6.74. The predicted molar refractivity (Wildman–Crippen MR) is 110 cm³/mol. The number of benzene rings is 1. The molecular formula is C21H29N3O6. The number of amides is 3. The van der Waals surface area contributed by atoms with Crippen LogP contribution in [-0.4, -0.2) is 60.2 Å². The Morgan fingerprint density at radius 1 is 0.967 bits per heavy atom. The van der Waals surface area contributed by atoms with E-state index in [4.69, 9.17) is 9.47 Å². The summed E-state index contributed by atoms with van der Waals surface area (Å²) in [6, 6.07) is 6.02. The lowest BCUT2D eigenvalue weighted by Gasteiger charge is -2.28. The van der Waals surface area contributed by atoms with E-state index in [1.807, 2.05) is 0 Å². The minimum absolute atomic E-state index is 0.160. The summed E-state index contributed by atoms with van der Waals surface area (Å²) in [5.74, 6) is -0.890. The van der Waals surface area contributed by atoms with Crippen molar-refractivity contribution in [3.8, 4) is 0 Å². The third-order valence-electron chi connectivity index (χ3n) is 4.51. The molecule has 1 N–H and O–H groups in total. The molecule has 30 heavy (non-hydrogen) atoms. The maximum absolute atomic E-state index is 12.7. The normalized spacial score (nSPS) is 13.1. The molecule has 1 saturated heterocycles. The zero-order valence-corrected chi connectivity index (χ0v) is 17.5. The second-order valence-corrected chi connectivity index (χ2v) is 6.74. The molecule has 1 fully saturated rings. The zero-order valence-electron chi connectivity index (χ0n) is 17.5. The Balaban J connectivity index is 1.88. The first-order chi connectivity index (χ1) is 14.5. The number of urea groups is 1. The third-order valence-corrected chi connectivity index (χ3v) is 4.51. The predicted octanol–water partition coefficient (Wildman–Crippen LogP) is 2.97. The molecule has 1 aromatic rings. The number of hydrogen-bond donors (Lipinski definition) is 1. The molecule has 0 saturated carbocycles. The first-order valence-corrected chi connectivity index (χ1v) is 10.3. The molecule has 0 radical (unpaired) electrons. The highest BCUT2D eigenvalue weighted by Crippen LogP contribution is 2.18. The van der Waals surface area contributed by atoms with Gasteiger partial charge < -0.3 is 14.8 Å². The Hall–Kier alpha value is -3.10. The number of nitrogens with one attached hydrogen (secondary N) is 1. The van der Waals surface area contributed by atoms with Crippen LogP contribution in [0.15, 0.2) is 24.3 Å². The minimum atomic E-state index is -0.464. The molecule has 2 rings (SSSR count). The van der Waals surface area contributed by atoms with Gasteiger partial charge in [-0.2, -0.15) is 0 Å². The SMILES string of the molecule is CCOC(=O)CCCCC(=O)N1CCCN1C(=O)Nc1cccc(C(=O)OCC)c1. The smallest absolute Gasteiger partial charge is 0.340 e. The van der Waals surface area contributed by atoms with Gasteiger partial charge in [0, 0.05) is 31.6 Å². The number of unbranched alkanes of at least 4 members (excludes halogenated alkanes) is 1. The molecule has 9 heteroatoms. The topological polar surface area (TPSA) is 105 Å². The highest BCUT2D eigenvalue weighted by atomic mass is 16.5. The van der Waals surface area contributed by atoms with Crippen molar-refractivity contribution in [2.45, 2.75) is 46.0 Å². The Morgan fingerprint density at radius 2 is 1.67 bits per heavy atom. The van der Waals surface area contributed by atoms with Gasteiger partial charge in [-0.15, -0.1) is 0 Å². The maximum atomic E-state index is 12.7. The van der Waals surface area contributed by atoms with Crippen LogP contribution in [0, 0.1) is 0 Å². The number of carbonyl (C=O) groups is 4. The maximum Gasteiger partial charge on any atom is 0.340 e. The van der Waals surface area contributed by atoms with E-state index in [1.165, 1.54) is 16.1 Å². The van der Waals surface area contributed by atoms with Crippen molar-refractivity contribution in [2.75, 3.05) is 31.6 Å². The van der Waals surface area contributed by atoms with Crippen LogP contribution in [0.3, 0.4) is 0 Å². The Bertz CT molecular complexity index is 767. The molecule has 3 amide bonds. The van der Waals surface area contributed by atoms with Crippen molar-refractivity contribution >= 4 is 29.6 Å². The Kier molecular flexibility index (Phi) is 9.11. The lowest BCUT2D eigenvalue weighted by molar-refractivity contribution is -0.144. The van der Waals surface area contributed by atoms with Crippen LogP contribution in [-0.2, 0) is 19.1 Å². The first kappa shape index (κ1) is 23.2. The third kappa shape index (κ3) is 6.75. The minimum Gasteiger partial charge on any atom is -0.466 e. The summed E-state index contributed by atoms with van der Waals surface area (Å²) in [4.78, 5) is 48.4. The molecule has 9 nitrogen and oxygen atoms in total. The van der Waals surface area contributed by atoms with Crippen molar-refractivity contribution in [3.05, 3.63) is 29.8 Å². The molecule has 0 unspecified atom stereocenters. The van der Waals surface area contributed by atoms with Crippen molar-refractivity contribution < 1.29 is 28.7 Å². The van der Waals surface area contributed by atoms with Gasteiger partial charge in [-0.3, -0.25) is 14.6 Å². The van der Waals surface area contributed by atoms with Gasteiger partial charge in [0.1, 0.15) is 0 Å². The van der Waals surface area contributed by atoms with Crippen LogP contribution in [0.25, 0.3) is 0 Å². The fourth-order valence-corrected chi connectivity index (χ4v) is 3.12. The van der Waals surface area contributed by atoms with Crippen LogP contribution in [0.2, 0.25) is 0 Å². The van der Waals surface area contributed by atoms with E-state index < -0.39 is 12.0 Å². The van der Waals surface area contributed by atoms with E-state index in [1.54, 1.807) is 32.0 Å². The fourth-order valence-electron chi connectivity index (χ4n) is 3.12. The van der Waals surface area contributed by atoms with E-state index in [2.05, 4.69) is 5.32 Å². The van der Waals surface area contributed by atoms with E-state index in [0.29, 0.717) is 50.2 Å². The molecule has 0 aliphatic carbocycles. The summed E-state index contributed by atoms with van der Waals surface area (Å²) in [5, 5.41) is 5.55. The van der Waals surface area contributed by atoms with E-state index >= 15 is 0 Å². The molecule has 1 aliphatic rings. The number of ether oxygens (including phenoxy) is 2. The van der Waals surface area contributed by atoms with Crippen LogP contribution < -0.4 is 5.32 Å². The summed E-state index contributed by atoms with van der Waals surface area (Å²) in [7, 11) is 0. The van der Waals surface area contributed by atoms with Crippen molar-refractivity contribution in [1.29, 1.82) is 0 Å². The lowest BCUT2D eigenvalue weighted by Crippen LogP contribution is -2.46. The molecule has 1 aromatic carbocycles. The number of hydrazine groups is 1. The number of rotatable bonds is 9. The molecule has 0 atom stereocenters. The van der Waals surface area contributed by atoms with Crippen LogP contribution in [0.5, 0.6) is 0 Å².